The fourth-order valence-corrected chi connectivity index (χ4v) is 1.69. The van der Waals surface area contributed by atoms with Crippen LogP contribution in [0.1, 0.15) is 12.8 Å². The summed E-state index contributed by atoms with van der Waals surface area (Å²) in [5, 5.41) is 0. The Balaban J connectivity index is 2.42. The number of hydrogen-bond acceptors (Lipinski definition) is 3. The van der Waals surface area contributed by atoms with E-state index in [2.05, 4.69) is 10.8 Å². The zero-order valence-electron chi connectivity index (χ0n) is 7.95. The van der Waals surface area contributed by atoms with Crippen molar-refractivity contribution >= 4 is 5.97 Å². The first-order valence-electron chi connectivity index (χ1n) is 4.51. The van der Waals surface area contributed by atoms with E-state index in [0.717, 1.165) is 25.9 Å². The molecule has 1 rings (SSSR count). The Hall–Kier alpha value is -1.01. The van der Waals surface area contributed by atoms with Crippen LogP contribution in [0.25, 0.3) is 0 Å². The normalized spacial score (nSPS) is 23.5. The van der Waals surface area contributed by atoms with Gasteiger partial charge >= 0.3 is 5.97 Å². The molecule has 0 aromatic rings. The number of terminal acetylenes is 1. The molecule has 0 N–H and O–H groups in total. The molecule has 1 saturated heterocycles. The summed E-state index contributed by atoms with van der Waals surface area (Å²) in [6.45, 7) is 2.38. The first-order chi connectivity index (χ1) is 6.27. The van der Waals surface area contributed by atoms with Gasteiger partial charge in [0, 0.05) is 6.54 Å². The lowest BCUT2D eigenvalue weighted by molar-refractivity contribution is -0.147. The summed E-state index contributed by atoms with van der Waals surface area (Å²) >= 11 is 0. The molecule has 13 heavy (non-hydrogen) atoms. The second kappa shape index (κ2) is 4.88. The SMILES string of the molecule is C#CCN1CCC[C@H](C(=O)OC)C1. The molecule has 1 fully saturated rings. The van der Waals surface area contributed by atoms with Crippen LogP contribution in [0.15, 0.2) is 0 Å². The van der Waals surface area contributed by atoms with Gasteiger partial charge < -0.3 is 4.74 Å². The van der Waals surface area contributed by atoms with Crippen LogP contribution in [0, 0.1) is 18.3 Å². The van der Waals surface area contributed by atoms with E-state index >= 15 is 0 Å². The van der Waals surface area contributed by atoms with Crippen LogP contribution in [0.2, 0.25) is 0 Å². The fraction of sp³-hybridized carbons (Fsp3) is 0.700. The van der Waals surface area contributed by atoms with Crippen LogP contribution < -0.4 is 0 Å². The number of nitrogens with zero attached hydrogens (tertiary/aromatic N) is 1. The second-order valence-electron chi connectivity index (χ2n) is 3.30. The summed E-state index contributed by atoms with van der Waals surface area (Å²) in [5.41, 5.74) is 0. The fourth-order valence-electron chi connectivity index (χ4n) is 1.69. The Kier molecular flexibility index (Phi) is 3.78. The van der Waals surface area contributed by atoms with E-state index in [1.54, 1.807) is 0 Å². The van der Waals surface area contributed by atoms with Crippen molar-refractivity contribution < 1.29 is 9.53 Å². The highest BCUT2D eigenvalue weighted by atomic mass is 16.5. The highest BCUT2D eigenvalue weighted by Gasteiger charge is 2.25. The molecule has 0 spiro atoms. The van der Waals surface area contributed by atoms with Gasteiger partial charge in [-0.3, -0.25) is 9.69 Å². The van der Waals surface area contributed by atoms with E-state index in [4.69, 9.17) is 11.2 Å². The standard InChI is InChI=1S/C10H15NO2/c1-3-6-11-7-4-5-9(8-11)10(12)13-2/h1,9H,4-8H2,2H3/t9-/m0/s1. The maximum absolute atomic E-state index is 11.2. The lowest BCUT2D eigenvalue weighted by Crippen LogP contribution is -2.39. The number of piperidine rings is 1. The predicted molar refractivity (Wildman–Crippen MR) is 50.0 cm³/mol. The van der Waals surface area contributed by atoms with Gasteiger partial charge in [-0.15, -0.1) is 6.42 Å². The van der Waals surface area contributed by atoms with Gasteiger partial charge in [-0.2, -0.15) is 0 Å². The molecule has 0 amide bonds. The topological polar surface area (TPSA) is 29.5 Å². The van der Waals surface area contributed by atoms with E-state index in [1.807, 2.05) is 0 Å². The number of methoxy groups -OCH3 is 1. The van der Waals surface area contributed by atoms with E-state index in [-0.39, 0.29) is 11.9 Å². The van der Waals surface area contributed by atoms with Crippen molar-refractivity contribution in [1.82, 2.24) is 4.90 Å². The van der Waals surface area contributed by atoms with Gasteiger partial charge in [0.05, 0.1) is 19.6 Å². The zero-order chi connectivity index (χ0) is 9.68. The van der Waals surface area contributed by atoms with Crippen LogP contribution in [-0.2, 0) is 9.53 Å². The Morgan fingerprint density at radius 1 is 1.77 bits per heavy atom. The number of carbonyl (C=O) groups excluding carboxylic acids is 1. The third-order valence-corrected chi connectivity index (χ3v) is 2.35. The lowest BCUT2D eigenvalue weighted by atomic mass is 9.98. The van der Waals surface area contributed by atoms with E-state index in [9.17, 15) is 4.79 Å². The molecular formula is C10H15NO2. The van der Waals surface area contributed by atoms with Crippen molar-refractivity contribution in [1.29, 1.82) is 0 Å². The minimum absolute atomic E-state index is 0.0205. The number of carbonyl (C=O) groups is 1. The van der Waals surface area contributed by atoms with Gasteiger partial charge in [0.1, 0.15) is 0 Å². The Morgan fingerprint density at radius 3 is 3.15 bits per heavy atom. The van der Waals surface area contributed by atoms with Crippen LogP contribution >= 0.6 is 0 Å². The quantitative estimate of drug-likeness (QED) is 0.459. The molecule has 72 valence electrons. The van der Waals surface area contributed by atoms with Crippen molar-refractivity contribution in [2.24, 2.45) is 5.92 Å². The first kappa shape index (κ1) is 10.1. The molecule has 1 aliphatic rings. The summed E-state index contributed by atoms with van der Waals surface area (Å²) in [6.07, 6.45) is 7.16. The monoisotopic (exact) mass is 181 g/mol. The van der Waals surface area contributed by atoms with Crippen LogP contribution in [0.3, 0.4) is 0 Å². The largest absolute Gasteiger partial charge is 0.469 e. The van der Waals surface area contributed by atoms with Crippen molar-refractivity contribution in [3.8, 4) is 12.3 Å². The van der Waals surface area contributed by atoms with Gasteiger partial charge in [0.15, 0.2) is 0 Å². The third kappa shape index (κ3) is 2.74. The summed E-state index contributed by atoms with van der Waals surface area (Å²) in [6, 6.07) is 0. The van der Waals surface area contributed by atoms with E-state index < -0.39 is 0 Å². The van der Waals surface area contributed by atoms with Crippen molar-refractivity contribution in [2.75, 3.05) is 26.7 Å². The summed E-state index contributed by atoms with van der Waals surface area (Å²) < 4.78 is 4.70. The average molecular weight is 181 g/mol. The summed E-state index contributed by atoms with van der Waals surface area (Å²) in [4.78, 5) is 13.3. The zero-order valence-corrected chi connectivity index (χ0v) is 7.95. The smallest absolute Gasteiger partial charge is 0.309 e. The summed E-state index contributed by atoms with van der Waals surface area (Å²) in [5.74, 6) is 2.50. The molecular weight excluding hydrogens is 166 g/mol. The number of rotatable bonds is 2. The molecule has 0 radical (unpaired) electrons. The molecule has 0 saturated carbocycles. The molecule has 0 aliphatic carbocycles. The lowest BCUT2D eigenvalue weighted by Gasteiger charge is -2.29. The Morgan fingerprint density at radius 2 is 2.54 bits per heavy atom. The molecule has 1 heterocycles. The highest BCUT2D eigenvalue weighted by molar-refractivity contribution is 5.72. The van der Waals surface area contributed by atoms with Crippen molar-refractivity contribution in [3.05, 3.63) is 0 Å². The number of esters is 1. The van der Waals surface area contributed by atoms with E-state index in [0.29, 0.717) is 6.54 Å². The highest BCUT2D eigenvalue weighted by Crippen LogP contribution is 2.16. The minimum Gasteiger partial charge on any atom is -0.469 e. The van der Waals surface area contributed by atoms with Gasteiger partial charge in [-0.25, -0.2) is 0 Å². The maximum atomic E-state index is 11.2. The van der Waals surface area contributed by atoms with Crippen molar-refractivity contribution in [3.63, 3.8) is 0 Å². The molecule has 0 bridgehead atoms. The Bertz CT molecular complexity index is 219. The van der Waals surface area contributed by atoms with Gasteiger partial charge in [0.2, 0.25) is 0 Å². The van der Waals surface area contributed by atoms with Crippen LogP contribution in [0.4, 0.5) is 0 Å². The first-order valence-corrected chi connectivity index (χ1v) is 4.51. The molecule has 3 heteroatoms. The average Bonchev–Trinajstić information content (AvgIpc) is 2.18. The Labute approximate surface area is 79.1 Å². The maximum Gasteiger partial charge on any atom is 0.309 e. The minimum atomic E-state index is -0.110. The van der Waals surface area contributed by atoms with Gasteiger partial charge in [0.25, 0.3) is 0 Å². The van der Waals surface area contributed by atoms with Crippen molar-refractivity contribution in [2.45, 2.75) is 12.8 Å². The van der Waals surface area contributed by atoms with Crippen LogP contribution in [-0.4, -0.2) is 37.6 Å². The molecule has 0 aromatic carbocycles. The molecule has 0 unspecified atom stereocenters. The number of ether oxygens (including phenoxy) is 1. The van der Waals surface area contributed by atoms with Crippen LogP contribution in [0.5, 0.6) is 0 Å². The number of hydrogen-bond donors (Lipinski definition) is 0. The van der Waals surface area contributed by atoms with Gasteiger partial charge in [-0.1, -0.05) is 5.92 Å². The van der Waals surface area contributed by atoms with Gasteiger partial charge in [-0.05, 0) is 19.4 Å². The molecule has 3 nitrogen and oxygen atoms in total. The predicted octanol–water partition coefficient (Wildman–Crippen LogP) is 0.505. The van der Waals surface area contributed by atoms with E-state index in [1.165, 1.54) is 7.11 Å². The third-order valence-electron chi connectivity index (χ3n) is 2.35. The molecule has 1 atom stereocenters. The number of likely N-dealkylation sites (tertiary alicyclic amines) is 1. The molecule has 1 aliphatic heterocycles. The summed E-state index contributed by atoms with van der Waals surface area (Å²) in [7, 11) is 1.43. The second-order valence-corrected chi connectivity index (χ2v) is 3.30. The molecule has 0 aromatic heterocycles.